The number of methoxy groups -OCH3 is 1. The molecule has 2 aromatic carbocycles. The van der Waals surface area contributed by atoms with Crippen molar-refractivity contribution in [3.63, 3.8) is 0 Å². The summed E-state index contributed by atoms with van der Waals surface area (Å²) in [5.74, 6) is -0.523. The lowest BCUT2D eigenvalue weighted by Gasteiger charge is -2.11. The van der Waals surface area contributed by atoms with Gasteiger partial charge >= 0.3 is 12.3 Å². The maximum atomic E-state index is 12.2. The molecule has 2 aromatic rings. The van der Waals surface area contributed by atoms with Crippen LogP contribution in [0, 0.1) is 0 Å². The first-order chi connectivity index (χ1) is 12.3. The molecule has 0 spiro atoms. The van der Waals surface area contributed by atoms with E-state index in [1.54, 1.807) is 12.6 Å². The average Bonchev–Trinajstić information content (AvgIpc) is 2.58. The first-order valence-corrected chi connectivity index (χ1v) is 8.44. The summed E-state index contributed by atoms with van der Waals surface area (Å²) in [6.45, 7) is 0. The summed E-state index contributed by atoms with van der Waals surface area (Å²) in [6.07, 6.45) is -4.88. The van der Waals surface area contributed by atoms with Crippen LogP contribution in [0.4, 0.5) is 18.9 Å². The third-order valence-corrected chi connectivity index (χ3v) is 4.06. The number of aromatic carboxylic acids is 1. The molecule has 0 fully saturated rings. The summed E-state index contributed by atoms with van der Waals surface area (Å²) in [5.41, 5.74) is 2.53. The number of nitrogens with one attached hydrogen (secondary N) is 1. The first kappa shape index (κ1) is 19.6. The van der Waals surface area contributed by atoms with Gasteiger partial charge < -0.3 is 19.9 Å². The second-order valence-electron chi connectivity index (χ2n) is 5.02. The summed E-state index contributed by atoms with van der Waals surface area (Å²) in [5, 5.41) is 12.0. The van der Waals surface area contributed by atoms with Crippen molar-refractivity contribution in [3.05, 3.63) is 53.6 Å². The molecule has 2 rings (SSSR count). The van der Waals surface area contributed by atoms with Crippen molar-refractivity contribution in [2.45, 2.75) is 12.1 Å². The van der Waals surface area contributed by atoms with Crippen LogP contribution in [-0.4, -0.2) is 30.0 Å². The molecule has 0 radical (unpaired) electrons. The maximum absolute atomic E-state index is 12.2. The van der Waals surface area contributed by atoms with Gasteiger partial charge in [-0.15, -0.1) is 13.2 Å². The van der Waals surface area contributed by atoms with Crippen LogP contribution < -0.4 is 14.8 Å². The second-order valence-corrected chi connectivity index (χ2v) is 5.96. The second kappa shape index (κ2) is 8.61. The molecule has 0 aliphatic rings. The zero-order chi connectivity index (χ0) is 19.2. The van der Waals surface area contributed by atoms with E-state index in [1.807, 2.05) is 24.3 Å². The van der Waals surface area contributed by atoms with Gasteiger partial charge in [-0.3, -0.25) is 0 Å². The normalized spacial score (nSPS) is 11.7. The van der Waals surface area contributed by atoms with E-state index in [0.717, 1.165) is 34.8 Å². The van der Waals surface area contributed by atoms with Crippen LogP contribution in [0.15, 0.2) is 42.5 Å². The van der Waals surface area contributed by atoms with Crippen LogP contribution in [0.2, 0.25) is 0 Å². The molecule has 2 N–H and O–H groups in total. The molecular formula is C17H16F3NO4S. The molecule has 0 heterocycles. The molecule has 0 aliphatic carbocycles. The van der Waals surface area contributed by atoms with Crippen LogP contribution in [0.3, 0.4) is 0 Å². The molecule has 0 saturated heterocycles. The molecule has 0 amide bonds. The first-order valence-electron chi connectivity index (χ1n) is 7.29. The average molecular weight is 387 g/mol. The zero-order valence-electron chi connectivity index (χ0n) is 13.6. The molecule has 5 nitrogen and oxygen atoms in total. The fourth-order valence-electron chi connectivity index (χ4n) is 2.02. The van der Waals surface area contributed by atoms with Crippen molar-refractivity contribution in [1.82, 2.24) is 0 Å². The molecule has 0 aromatic heterocycles. The highest BCUT2D eigenvalue weighted by Gasteiger charge is 2.31. The van der Waals surface area contributed by atoms with Crippen LogP contribution in [0.5, 0.6) is 11.5 Å². The van der Waals surface area contributed by atoms with Crippen LogP contribution in [0.25, 0.3) is 0 Å². The number of ether oxygens (including phenoxy) is 2. The minimum Gasteiger partial charge on any atom is -0.497 e. The topological polar surface area (TPSA) is 67.8 Å². The molecule has 26 heavy (non-hydrogen) atoms. The van der Waals surface area contributed by atoms with Gasteiger partial charge in [0.15, 0.2) is 0 Å². The highest BCUT2D eigenvalue weighted by atomic mass is 32.1. The van der Waals surface area contributed by atoms with Crippen LogP contribution in [-0.2, 0) is 5.75 Å². The molecule has 0 atom stereocenters. The predicted octanol–water partition coefficient (Wildman–Crippen LogP) is 4.13. The highest BCUT2D eigenvalue weighted by molar-refractivity contribution is 7.96. The Balaban J connectivity index is 2.04. The molecule has 0 aliphatic heterocycles. The van der Waals surface area contributed by atoms with E-state index < -0.39 is 18.1 Å². The number of halogens is 3. The molecule has 9 heteroatoms. The Hall–Kier alpha value is -2.68. The molecule has 140 valence electrons. The summed E-state index contributed by atoms with van der Waals surface area (Å²) in [6, 6.07) is 10.6. The Morgan fingerprint density at radius 2 is 1.85 bits per heavy atom. The lowest BCUT2D eigenvalue weighted by Crippen LogP contribution is -2.17. The Kier molecular flexibility index (Phi) is 6.51. The van der Waals surface area contributed by atoms with Gasteiger partial charge in [0.1, 0.15) is 11.5 Å². The Morgan fingerprint density at radius 3 is 2.42 bits per heavy atom. The summed E-state index contributed by atoms with van der Waals surface area (Å²) < 4.78 is 45.5. The molecule has 0 bridgehead atoms. The van der Waals surface area contributed by atoms with E-state index in [4.69, 9.17) is 9.84 Å². The van der Waals surface area contributed by atoms with Crippen molar-refractivity contribution in [3.8, 4) is 11.5 Å². The Bertz CT molecular complexity index is 792. The van der Waals surface area contributed by atoms with Gasteiger partial charge in [0.25, 0.3) is 0 Å². The number of anilines is 1. The van der Waals surface area contributed by atoms with E-state index in [2.05, 4.69) is 10.1 Å². The zero-order valence-corrected chi connectivity index (χ0v) is 14.5. The number of benzene rings is 2. The predicted molar refractivity (Wildman–Crippen MR) is 95.5 cm³/mol. The van der Waals surface area contributed by atoms with Crippen molar-refractivity contribution < 1.29 is 32.5 Å². The fourth-order valence-corrected chi connectivity index (χ4v) is 2.76. The van der Waals surface area contributed by atoms with Crippen LogP contribution in [0.1, 0.15) is 15.9 Å². The summed E-state index contributed by atoms with van der Waals surface area (Å²) >= 11 is 0.849. The largest absolute Gasteiger partial charge is 0.573 e. The monoisotopic (exact) mass is 387 g/mol. The third-order valence-electron chi connectivity index (χ3n) is 3.20. The Morgan fingerprint density at radius 1 is 1.19 bits per heavy atom. The van der Waals surface area contributed by atoms with Crippen molar-refractivity contribution in [2.24, 2.45) is 0 Å². The van der Waals surface area contributed by atoms with Gasteiger partial charge in [-0.2, -0.15) is 11.4 Å². The number of thiol groups is 1. The third kappa shape index (κ3) is 5.99. The molecule has 0 saturated carbocycles. The van der Waals surface area contributed by atoms with Crippen molar-refractivity contribution >= 4 is 28.5 Å². The van der Waals surface area contributed by atoms with Crippen molar-refractivity contribution in [1.29, 1.82) is 0 Å². The van der Waals surface area contributed by atoms with Crippen molar-refractivity contribution in [2.75, 3.05) is 12.4 Å². The van der Waals surface area contributed by atoms with Gasteiger partial charge in [0, 0.05) is 11.2 Å². The number of hydrogen-bond acceptors (Lipinski definition) is 3. The van der Waals surface area contributed by atoms with E-state index in [0.29, 0.717) is 5.75 Å². The summed E-state index contributed by atoms with van der Waals surface area (Å²) in [4.78, 5) is 11.2. The quantitative estimate of drug-likeness (QED) is 0.492. The van der Waals surface area contributed by atoms with Gasteiger partial charge in [-0.25, -0.2) is 4.79 Å². The number of hydrogen-bond donors (Lipinski definition) is 3. The van der Waals surface area contributed by atoms with Gasteiger partial charge in [0.2, 0.25) is 0 Å². The minimum atomic E-state index is -4.88. The van der Waals surface area contributed by atoms with Gasteiger partial charge in [-0.05, 0) is 35.9 Å². The van der Waals surface area contributed by atoms with Gasteiger partial charge in [-0.1, -0.05) is 12.1 Å². The smallest absolute Gasteiger partial charge is 0.497 e. The molecule has 0 unspecified atom stereocenters. The standard InChI is InChI=1S/C17H16F3NO4S/c1-24-12-4-2-11(3-5-12)9-26-10-21-15-7-6-13(25-17(18,19)20)8-14(15)16(22)23/h2-8,10,21,26H,9H2,1H3,(H,22,23). The van der Waals surface area contributed by atoms with Crippen LogP contribution >= 0.6 is 11.4 Å². The van der Waals surface area contributed by atoms with E-state index in [-0.39, 0.29) is 11.3 Å². The number of alkyl halides is 3. The number of carbonyl (C=O) groups is 1. The number of rotatable bonds is 7. The van der Waals surface area contributed by atoms with E-state index in [9.17, 15) is 18.0 Å². The summed E-state index contributed by atoms with van der Waals surface area (Å²) in [7, 11) is 1.58. The lowest BCUT2D eigenvalue weighted by molar-refractivity contribution is -0.274. The lowest BCUT2D eigenvalue weighted by atomic mass is 10.1. The van der Waals surface area contributed by atoms with Gasteiger partial charge in [0.05, 0.1) is 18.4 Å². The fraction of sp³-hybridized carbons (Fsp3) is 0.176. The minimum absolute atomic E-state index is 0.175. The van der Waals surface area contributed by atoms with E-state index in [1.165, 1.54) is 6.07 Å². The van der Waals surface area contributed by atoms with E-state index >= 15 is 0 Å². The Labute approximate surface area is 151 Å². The molecular weight excluding hydrogens is 371 g/mol. The maximum Gasteiger partial charge on any atom is 0.573 e. The SMILES string of the molecule is COc1ccc(C[SH]=CNc2ccc(OC(F)(F)F)cc2C(=O)O)cc1. The number of carboxylic acids is 1. The highest BCUT2D eigenvalue weighted by Crippen LogP contribution is 2.27. The number of carboxylic acid groups (broad SMARTS) is 1.